The van der Waals surface area contributed by atoms with E-state index in [1.807, 2.05) is 6.07 Å². The lowest BCUT2D eigenvalue weighted by Crippen LogP contribution is -2.17. The lowest BCUT2D eigenvalue weighted by Gasteiger charge is -2.12. The normalized spacial score (nSPS) is 14.7. The molecule has 1 aliphatic rings. The van der Waals surface area contributed by atoms with Crippen LogP contribution in [-0.2, 0) is 6.18 Å². The SMILES string of the molecule is O=C(Nc1cc2cn[nH]c2cc1C1CC1)c1cccc(C(F)(F)F)n1. The molecule has 0 unspecified atom stereocenters. The summed E-state index contributed by atoms with van der Waals surface area (Å²) in [4.78, 5) is 15.8. The van der Waals surface area contributed by atoms with Gasteiger partial charge in [-0.2, -0.15) is 18.3 Å². The number of rotatable bonds is 3. The van der Waals surface area contributed by atoms with Crippen LogP contribution in [0.5, 0.6) is 0 Å². The molecule has 1 fully saturated rings. The third-order valence-corrected chi connectivity index (χ3v) is 4.15. The first-order valence-corrected chi connectivity index (χ1v) is 7.74. The van der Waals surface area contributed by atoms with Crippen LogP contribution < -0.4 is 5.32 Å². The van der Waals surface area contributed by atoms with Gasteiger partial charge in [0, 0.05) is 11.1 Å². The van der Waals surface area contributed by atoms with E-state index < -0.39 is 17.8 Å². The number of alkyl halides is 3. The van der Waals surface area contributed by atoms with Gasteiger partial charge in [-0.3, -0.25) is 9.89 Å². The molecular formula is C17H13F3N4O. The Morgan fingerprint density at radius 2 is 2.04 bits per heavy atom. The van der Waals surface area contributed by atoms with Gasteiger partial charge in [0.05, 0.1) is 11.7 Å². The highest BCUT2D eigenvalue weighted by molar-refractivity contribution is 6.04. The Kier molecular flexibility index (Phi) is 3.48. The van der Waals surface area contributed by atoms with E-state index in [0.717, 1.165) is 35.4 Å². The van der Waals surface area contributed by atoms with Crippen molar-refractivity contribution in [2.75, 3.05) is 5.32 Å². The van der Waals surface area contributed by atoms with Crippen LogP contribution in [0.2, 0.25) is 0 Å². The molecule has 0 aliphatic heterocycles. The van der Waals surface area contributed by atoms with Gasteiger partial charge in [0.1, 0.15) is 11.4 Å². The van der Waals surface area contributed by atoms with Crippen LogP contribution in [0.3, 0.4) is 0 Å². The summed E-state index contributed by atoms with van der Waals surface area (Å²) in [5, 5.41) is 10.4. The minimum absolute atomic E-state index is 0.274. The fourth-order valence-electron chi connectivity index (χ4n) is 2.75. The standard InChI is InChI=1S/C17H13F3N4O/c18-17(19,20)15-3-1-2-12(22-15)16(25)23-14-6-10-8-21-24-13(10)7-11(14)9-4-5-9/h1-3,6-9H,4-5H2,(H,21,24)(H,23,25). The molecule has 3 aromatic rings. The molecular weight excluding hydrogens is 333 g/mol. The molecule has 1 saturated carbocycles. The molecule has 4 rings (SSSR count). The molecule has 5 nitrogen and oxygen atoms in total. The molecule has 2 N–H and O–H groups in total. The summed E-state index contributed by atoms with van der Waals surface area (Å²) in [6, 6.07) is 6.97. The Morgan fingerprint density at radius 1 is 1.24 bits per heavy atom. The Morgan fingerprint density at radius 3 is 2.76 bits per heavy atom. The monoisotopic (exact) mass is 346 g/mol. The Bertz CT molecular complexity index is 960. The number of anilines is 1. The number of nitrogens with one attached hydrogen (secondary N) is 2. The van der Waals surface area contributed by atoms with Gasteiger partial charge in [-0.1, -0.05) is 6.07 Å². The van der Waals surface area contributed by atoms with Crippen molar-refractivity contribution in [3.63, 3.8) is 0 Å². The third-order valence-electron chi connectivity index (χ3n) is 4.15. The number of aromatic nitrogens is 3. The number of carbonyl (C=O) groups excluding carboxylic acids is 1. The first kappa shape index (κ1) is 15.6. The maximum atomic E-state index is 12.8. The number of halogens is 3. The van der Waals surface area contributed by atoms with Gasteiger partial charge in [-0.25, -0.2) is 4.98 Å². The first-order valence-electron chi connectivity index (χ1n) is 7.74. The van der Waals surface area contributed by atoms with Crippen molar-refractivity contribution in [3.8, 4) is 0 Å². The van der Waals surface area contributed by atoms with Crippen molar-refractivity contribution in [3.05, 3.63) is 53.5 Å². The van der Waals surface area contributed by atoms with Gasteiger partial charge >= 0.3 is 6.18 Å². The highest BCUT2D eigenvalue weighted by Gasteiger charge is 2.33. The zero-order valence-electron chi connectivity index (χ0n) is 12.9. The molecule has 1 aliphatic carbocycles. The lowest BCUT2D eigenvalue weighted by molar-refractivity contribution is -0.141. The number of nitrogens with zero attached hydrogens (tertiary/aromatic N) is 2. The van der Waals surface area contributed by atoms with Crippen LogP contribution in [0, 0.1) is 0 Å². The van der Waals surface area contributed by atoms with E-state index in [-0.39, 0.29) is 5.69 Å². The largest absolute Gasteiger partial charge is 0.433 e. The van der Waals surface area contributed by atoms with Crippen molar-refractivity contribution in [2.24, 2.45) is 0 Å². The predicted octanol–water partition coefficient (Wildman–Crippen LogP) is 4.11. The van der Waals surface area contributed by atoms with Crippen LogP contribution in [0.1, 0.15) is 40.5 Å². The molecule has 2 heterocycles. The molecule has 0 spiro atoms. The molecule has 0 saturated heterocycles. The number of benzene rings is 1. The van der Waals surface area contributed by atoms with Crippen LogP contribution in [-0.4, -0.2) is 21.1 Å². The van der Waals surface area contributed by atoms with Crippen LogP contribution in [0.25, 0.3) is 10.9 Å². The maximum Gasteiger partial charge on any atom is 0.433 e. The summed E-state index contributed by atoms with van der Waals surface area (Å²) >= 11 is 0. The number of pyridine rings is 1. The second-order valence-electron chi connectivity index (χ2n) is 6.03. The lowest BCUT2D eigenvalue weighted by atomic mass is 10.1. The minimum atomic E-state index is -4.59. The van der Waals surface area contributed by atoms with Crippen LogP contribution >= 0.6 is 0 Å². The highest BCUT2D eigenvalue weighted by Crippen LogP contribution is 2.44. The van der Waals surface area contributed by atoms with Gasteiger partial charge in [-0.15, -0.1) is 0 Å². The first-order chi connectivity index (χ1) is 11.9. The van der Waals surface area contributed by atoms with Gasteiger partial charge in [0.2, 0.25) is 0 Å². The summed E-state index contributed by atoms with van der Waals surface area (Å²) in [5.74, 6) is -0.326. The highest BCUT2D eigenvalue weighted by atomic mass is 19.4. The zero-order chi connectivity index (χ0) is 17.6. The second kappa shape index (κ2) is 5.58. The number of hydrogen-bond acceptors (Lipinski definition) is 3. The van der Waals surface area contributed by atoms with Crippen LogP contribution in [0.15, 0.2) is 36.5 Å². The molecule has 1 aromatic carbocycles. The van der Waals surface area contributed by atoms with E-state index >= 15 is 0 Å². The fraction of sp³-hybridized carbons (Fsp3) is 0.235. The van der Waals surface area contributed by atoms with Crippen molar-refractivity contribution in [2.45, 2.75) is 24.9 Å². The third kappa shape index (κ3) is 3.07. The van der Waals surface area contributed by atoms with Gasteiger partial charge in [0.15, 0.2) is 0 Å². The summed E-state index contributed by atoms with van der Waals surface area (Å²) in [6.07, 6.45) is -0.927. The van der Waals surface area contributed by atoms with Crippen molar-refractivity contribution < 1.29 is 18.0 Å². The molecule has 1 amide bonds. The number of aromatic amines is 1. The number of carbonyl (C=O) groups is 1. The number of amides is 1. The molecule has 25 heavy (non-hydrogen) atoms. The van der Waals surface area contributed by atoms with E-state index in [1.54, 1.807) is 12.3 Å². The summed E-state index contributed by atoms with van der Waals surface area (Å²) < 4.78 is 38.3. The van der Waals surface area contributed by atoms with Gasteiger partial charge in [-0.05, 0) is 48.6 Å². The van der Waals surface area contributed by atoms with E-state index in [9.17, 15) is 18.0 Å². The molecule has 0 radical (unpaired) electrons. The molecule has 128 valence electrons. The quantitative estimate of drug-likeness (QED) is 0.750. The molecule has 8 heteroatoms. The van der Waals surface area contributed by atoms with Crippen molar-refractivity contribution in [1.82, 2.24) is 15.2 Å². The maximum absolute atomic E-state index is 12.8. The Hall–Kier alpha value is -2.90. The Labute approximate surface area is 140 Å². The number of H-pyrrole nitrogens is 1. The smallest absolute Gasteiger partial charge is 0.320 e. The van der Waals surface area contributed by atoms with Gasteiger partial charge < -0.3 is 5.32 Å². The van der Waals surface area contributed by atoms with Gasteiger partial charge in [0.25, 0.3) is 5.91 Å². The van der Waals surface area contributed by atoms with Crippen LogP contribution in [0.4, 0.5) is 18.9 Å². The predicted molar refractivity (Wildman–Crippen MR) is 85.3 cm³/mol. The summed E-state index contributed by atoms with van der Waals surface area (Å²) in [6.45, 7) is 0. The van der Waals surface area contributed by atoms with E-state index in [4.69, 9.17) is 0 Å². The minimum Gasteiger partial charge on any atom is -0.320 e. The van der Waals surface area contributed by atoms with Crippen molar-refractivity contribution >= 4 is 22.5 Å². The summed E-state index contributed by atoms with van der Waals surface area (Å²) in [7, 11) is 0. The fourth-order valence-corrected chi connectivity index (χ4v) is 2.75. The van der Waals surface area contributed by atoms with Crippen molar-refractivity contribution in [1.29, 1.82) is 0 Å². The number of hydrogen-bond donors (Lipinski definition) is 2. The van der Waals surface area contributed by atoms with E-state index in [0.29, 0.717) is 11.6 Å². The molecule has 2 aromatic heterocycles. The second-order valence-corrected chi connectivity index (χ2v) is 6.03. The molecule has 0 bridgehead atoms. The topological polar surface area (TPSA) is 70.7 Å². The summed E-state index contributed by atoms with van der Waals surface area (Å²) in [5.41, 5.74) is 1.03. The average molecular weight is 346 g/mol. The average Bonchev–Trinajstić information content (AvgIpc) is 3.32. The van der Waals surface area contributed by atoms with E-state index in [1.165, 1.54) is 12.1 Å². The zero-order valence-corrected chi connectivity index (χ0v) is 12.9. The number of fused-ring (bicyclic) bond motifs is 1. The van der Waals surface area contributed by atoms with E-state index in [2.05, 4.69) is 20.5 Å². The Balaban J connectivity index is 1.67. The molecule has 0 atom stereocenters.